The van der Waals surface area contributed by atoms with Crippen molar-refractivity contribution in [2.45, 2.75) is 39.0 Å². The highest BCUT2D eigenvalue weighted by Crippen LogP contribution is 2.35. The van der Waals surface area contributed by atoms with Gasteiger partial charge in [0.2, 0.25) is 5.91 Å². The monoisotopic (exact) mass is 336 g/mol. The average molecular weight is 336 g/mol. The number of aromatic nitrogens is 3. The molecule has 0 spiro atoms. The second-order valence-corrected chi connectivity index (χ2v) is 7.08. The predicted octanol–water partition coefficient (Wildman–Crippen LogP) is 3.46. The van der Waals surface area contributed by atoms with Crippen LogP contribution in [0.4, 0.5) is 0 Å². The summed E-state index contributed by atoms with van der Waals surface area (Å²) in [5.74, 6) is 0.702. The Kier molecular flexibility index (Phi) is 4.07. The van der Waals surface area contributed by atoms with Gasteiger partial charge in [-0.1, -0.05) is 18.2 Å². The molecule has 1 aliphatic rings. The largest absolute Gasteiger partial charge is 0.358 e. The Morgan fingerprint density at radius 3 is 2.72 bits per heavy atom. The fourth-order valence-corrected chi connectivity index (χ4v) is 4.07. The molecule has 2 N–H and O–H groups in total. The Morgan fingerprint density at radius 2 is 2.00 bits per heavy atom. The van der Waals surface area contributed by atoms with Crippen LogP contribution in [0.5, 0.6) is 0 Å². The molecular formula is C20H24N4O. The molecule has 1 fully saturated rings. The van der Waals surface area contributed by atoms with Crippen LogP contribution >= 0.6 is 0 Å². The summed E-state index contributed by atoms with van der Waals surface area (Å²) in [5.41, 5.74) is 5.74. The number of nitrogens with zero attached hydrogens (tertiary/aromatic N) is 2. The molecule has 0 atom stereocenters. The zero-order valence-corrected chi connectivity index (χ0v) is 14.8. The third-order valence-electron chi connectivity index (χ3n) is 5.29. The molecule has 130 valence electrons. The van der Waals surface area contributed by atoms with Crippen molar-refractivity contribution < 1.29 is 4.79 Å². The summed E-state index contributed by atoms with van der Waals surface area (Å²) >= 11 is 0. The van der Waals surface area contributed by atoms with E-state index in [2.05, 4.69) is 46.4 Å². The number of carbonyl (C=O) groups is 1. The average Bonchev–Trinajstić information content (AvgIpc) is 3.17. The second-order valence-electron chi connectivity index (χ2n) is 7.08. The number of piperidine rings is 1. The molecule has 0 aliphatic carbocycles. The van der Waals surface area contributed by atoms with E-state index in [9.17, 15) is 4.79 Å². The Hall–Kier alpha value is -2.56. The number of nitrogens with one attached hydrogen (secondary N) is 2. The summed E-state index contributed by atoms with van der Waals surface area (Å²) < 4.78 is 0. The lowest BCUT2D eigenvalue weighted by Crippen LogP contribution is -2.38. The quantitative estimate of drug-likeness (QED) is 0.769. The molecule has 0 bridgehead atoms. The number of aromatic amines is 2. The minimum atomic E-state index is 0.181. The first-order chi connectivity index (χ1) is 12.1. The summed E-state index contributed by atoms with van der Waals surface area (Å²) in [6, 6.07) is 10.5. The molecule has 0 radical (unpaired) electrons. The van der Waals surface area contributed by atoms with E-state index >= 15 is 0 Å². The predicted molar refractivity (Wildman–Crippen MR) is 98.6 cm³/mol. The van der Waals surface area contributed by atoms with Crippen LogP contribution in [0, 0.1) is 13.8 Å². The smallest absolute Gasteiger partial charge is 0.228 e. The Morgan fingerprint density at radius 1 is 1.24 bits per heavy atom. The number of para-hydroxylation sites is 1. The molecule has 4 rings (SSSR count). The first-order valence-electron chi connectivity index (χ1n) is 8.97. The number of rotatable bonds is 3. The fourth-order valence-electron chi connectivity index (χ4n) is 4.07. The van der Waals surface area contributed by atoms with Crippen molar-refractivity contribution in [2.24, 2.45) is 0 Å². The van der Waals surface area contributed by atoms with Crippen LogP contribution in [0.25, 0.3) is 10.9 Å². The van der Waals surface area contributed by atoms with Crippen molar-refractivity contribution in [1.29, 1.82) is 0 Å². The summed E-state index contributed by atoms with van der Waals surface area (Å²) in [4.78, 5) is 18.0. The van der Waals surface area contributed by atoms with Gasteiger partial charge in [-0.15, -0.1) is 0 Å². The zero-order valence-electron chi connectivity index (χ0n) is 14.8. The molecule has 2 aromatic heterocycles. The molecule has 1 aromatic carbocycles. The number of benzene rings is 1. The normalized spacial score (nSPS) is 15.8. The number of H-pyrrole nitrogens is 2. The van der Waals surface area contributed by atoms with Gasteiger partial charge < -0.3 is 9.88 Å². The van der Waals surface area contributed by atoms with Crippen LogP contribution in [0.1, 0.15) is 41.4 Å². The van der Waals surface area contributed by atoms with E-state index in [1.807, 2.05) is 17.9 Å². The van der Waals surface area contributed by atoms with Crippen LogP contribution in [0.2, 0.25) is 0 Å². The third-order valence-corrected chi connectivity index (χ3v) is 5.29. The molecular weight excluding hydrogens is 312 g/mol. The first kappa shape index (κ1) is 15.9. The molecule has 5 nitrogen and oxygen atoms in total. The molecule has 0 unspecified atom stereocenters. The van der Waals surface area contributed by atoms with Gasteiger partial charge in [-0.05, 0) is 50.3 Å². The molecule has 25 heavy (non-hydrogen) atoms. The third kappa shape index (κ3) is 3.06. The van der Waals surface area contributed by atoms with Crippen molar-refractivity contribution in [1.82, 2.24) is 20.1 Å². The van der Waals surface area contributed by atoms with Crippen LogP contribution in [-0.2, 0) is 11.2 Å². The zero-order chi connectivity index (χ0) is 17.4. The van der Waals surface area contributed by atoms with Gasteiger partial charge in [0, 0.05) is 35.4 Å². The lowest BCUT2D eigenvalue weighted by molar-refractivity contribution is -0.131. The van der Waals surface area contributed by atoms with Crippen LogP contribution < -0.4 is 0 Å². The summed E-state index contributed by atoms with van der Waals surface area (Å²) in [6.45, 7) is 5.76. The van der Waals surface area contributed by atoms with E-state index in [4.69, 9.17) is 0 Å². The highest BCUT2D eigenvalue weighted by Gasteiger charge is 2.27. The van der Waals surface area contributed by atoms with Crippen molar-refractivity contribution in [3.05, 3.63) is 53.0 Å². The summed E-state index contributed by atoms with van der Waals surface area (Å²) in [7, 11) is 0. The number of carbonyl (C=O) groups excluding carboxylic acids is 1. The van der Waals surface area contributed by atoms with Crippen LogP contribution in [0.15, 0.2) is 30.3 Å². The Bertz CT molecular complexity index is 899. The first-order valence-corrected chi connectivity index (χ1v) is 8.97. The van der Waals surface area contributed by atoms with Crippen molar-refractivity contribution in [2.75, 3.05) is 13.1 Å². The number of likely N-dealkylation sites (tertiary alicyclic amines) is 1. The van der Waals surface area contributed by atoms with Crippen molar-refractivity contribution in [3.8, 4) is 0 Å². The van der Waals surface area contributed by atoms with Crippen molar-refractivity contribution >= 4 is 16.8 Å². The topological polar surface area (TPSA) is 64.8 Å². The van der Waals surface area contributed by atoms with E-state index in [1.165, 1.54) is 22.2 Å². The highest BCUT2D eigenvalue weighted by atomic mass is 16.2. The number of hydrogen-bond donors (Lipinski definition) is 2. The van der Waals surface area contributed by atoms with Gasteiger partial charge in [-0.3, -0.25) is 9.89 Å². The molecule has 1 amide bonds. The number of fused-ring (bicyclic) bond motifs is 1. The van der Waals surface area contributed by atoms with E-state index < -0.39 is 0 Å². The SMILES string of the molecule is Cc1cc(CC(=O)N2CCC(c3c(C)[nH]c4ccccc34)CC2)n[nH]1. The van der Waals surface area contributed by atoms with Gasteiger partial charge in [0.05, 0.1) is 12.1 Å². The van der Waals surface area contributed by atoms with Gasteiger partial charge in [-0.25, -0.2) is 0 Å². The van der Waals surface area contributed by atoms with Crippen LogP contribution in [0.3, 0.4) is 0 Å². The Balaban J connectivity index is 1.44. The lowest BCUT2D eigenvalue weighted by atomic mass is 9.87. The molecule has 3 heterocycles. The number of amides is 1. The van der Waals surface area contributed by atoms with Gasteiger partial charge in [0.1, 0.15) is 0 Å². The molecule has 1 aliphatic heterocycles. The number of aryl methyl sites for hydroxylation is 2. The Labute approximate surface area is 147 Å². The van der Waals surface area contributed by atoms with Gasteiger partial charge in [-0.2, -0.15) is 5.10 Å². The fraction of sp³-hybridized carbons (Fsp3) is 0.400. The van der Waals surface area contributed by atoms with Gasteiger partial charge in [0.25, 0.3) is 0 Å². The van der Waals surface area contributed by atoms with E-state index in [-0.39, 0.29) is 5.91 Å². The molecule has 5 heteroatoms. The van der Waals surface area contributed by atoms with E-state index in [0.29, 0.717) is 12.3 Å². The van der Waals surface area contributed by atoms with Gasteiger partial charge >= 0.3 is 0 Å². The second kappa shape index (κ2) is 6.39. The van der Waals surface area contributed by atoms with Gasteiger partial charge in [0.15, 0.2) is 0 Å². The van der Waals surface area contributed by atoms with Crippen molar-refractivity contribution in [3.63, 3.8) is 0 Å². The lowest BCUT2D eigenvalue weighted by Gasteiger charge is -2.32. The minimum Gasteiger partial charge on any atom is -0.358 e. The maximum Gasteiger partial charge on any atom is 0.228 e. The minimum absolute atomic E-state index is 0.181. The van der Waals surface area contributed by atoms with E-state index in [1.54, 1.807) is 0 Å². The maximum atomic E-state index is 12.5. The molecule has 1 saturated heterocycles. The highest BCUT2D eigenvalue weighted by molar-refractivity contribution is 5.85. The molecule has 3 aromatic rings. The molecule has 0 saturated carbocycles. The van der Waals surface area contributed by atoms with Crippen LogP contribution in [-0.4, -0.2) is 39.1 Å². The van der Waals surface area contributed by atoms with E-state index in [0.717, 1.165) is 37.3 Å². The maximum absolute atomic E-state index is 12.5. The number of hydrogen-bond acceptors (Lipinski definition) is 2. The summed E-state index contributed by atoms with van der Waals surface area (Å²) in [6.07, 6.45) is 2.43. The standard InChI is InChI=1S/C20H24N4O/c1-13-11-16(23-22-13)12-19(25)24-9-7-15(8-10-24)20-14(2)21-18-6-4-3-5-17(18)20/h3-6,11,15,21H,7-10,12H2,1-2H3,(H,22,23). The summed E-state index contributed by atoms with van der Waals surface area (Å²) in [5, 5.41) is 8.41.